The lowest BCUT2D eigenvalue weighted by atomic mass is 10.3. The van der Waals surface area contributed by atoms with E-state index < -0.39 is 17.8 Å². The Morgan fingerprint density at radius 1 is 1.38 bits per heavy atom. The van der Waals surface area contributed by atoms with Crippen LogP contribution < -0.4 is 10.6 Å². The number of esters is 1. The Kier molecular flexibility index (Phi) is 7.96. The van der Waals surface area contributed by atoms with Crippen LogP contribution in [0.5, 0.6) is 0 Å². The van der Waals surface area contributed by atoms with Crippen LogP contribution in [0.2, 0.25) is 0 Å². The number of halogens is 3. The number of thiazole rings is 2. The lowest BCUT2D eigenvalue weighted by Gasteiger charge is -2.15. The minimum atomic E-state index is -4.43. The Morgan fingerprint density at radius 3 is 2.69 bits per heavy atom. The smallest absolute Gasteiger partial charge is 0.434 e. The first-order valence-electron chi connectivity index (χ1n) is 8.78. The van der Waals surface area contributed by atoms with Crippen molar-refractivity contribution < 1.29 is 22.7 Å². The van der Waals surface area contributed by atoms with Crippen LogP contribution in [0.3, 0.4) is 0 Å². The highest BCUT2D eigenvalue weighted by molar-refractivity contribution is 7.13. The molecule has 0 aliphatic rings. The van der Waals surface area contributed by atoms with Gasteiger partial charge in [0.15, 0.2) is 11.7 Å². The van der Waals surface area contributed by atoms with E-state index in [1.54, 1.807) is 20.9 Å². The molecule has 0 saturated heterocycles. The van der Waals surface area contributed by atoms with Crippen LogP contribution in [0.1, 0.15) is 51.0 Å². The molecule has 2 aromatic rings. The predicted molar refractivity (Wildman–Crippen MR) is 107 cm³/mol. The van der Waals surface area contributed by atoms with Gasteiger partial charge < -0.3 is 15.4 Å². The van der Waals surface area contributed by atoms with Gasteiger partial charge in [-0.25, -0.2) is 14.8 Å². The van der Waals surface area contributed by atoms with Gasteiger partial charge >= 0.3 is 12.1 Å². The van der Waals surface area contributed by atoms with Crippen LogP contribution in [0.15, 0.2) is 10.4 Å². The van der Waals surface area contributed by atoms with Gasteiger partial charge in [-0.3, -0.25) is 4.99 Å². The fourth-order valence-corrected chi connectivity index (χ4v) is 4.06. The Labute approximate surface area is 174 Å². The van der Waals surface area contributed by atoms with E-state index >= 15 is 0 Å². The van der Waals surface area contributed by atoms with E-state index in [0.29, 0.717) is 46.1 Å². The molecule has 0 aliphatic heterocycles. The zero-order chi connectivity index (χ0) is 21.6. The van der Waals surface area contributed by atoms with E-state index in [-0.39, 0.29) is 6.04 Å². The van der Waals surface area contributed by atoms with E-state index in [1.165, 1.54) is 11.3 Å². The normalized spacial score (nSPS) is 13.3. The number of aliphatic imine (C=N–C) groups is 1. The minimum absolute atomic E-state index is 0.232. The summed E-state index contributed by atoms with van der Waals surface area (Å²) in [6, 6.07) is -0.232. The third-order valence-corrected chi connectivity index (χ3v) is 5.92. The Bertz CT molecular complexity index is 864. The number of aromatic nitrogens is 2. The van der Waals surface area contributed by atoms with Gasteiger partial charge in [-0.05, 0) is 20.8 Å². The Balaban J connectivity index is 1.90. The Morgan fingerprint density at radius 2 is 2.10 bits per heavy atom. The zero-order valence-corrected chi connectivity index (χ0v) is 18.0. The summed E-state index contributed by atoms with van der Waals surface area (Å²) in [7, 11) is 1.59. The fraction of sp³-hybridized carbons (Fsp3) is 0.529. The summed E-state index contributed by atoms with van der Waals surface area (Å²) < 4.78 is 42.8. The molecule has 0 radical (unpaired) electrons. The number of hydrogen-bond acceptors (Lipinski definition) is 7. The second kappa shape index (κ2) is 10.0. The topological polar surface area (TPSA) is 88.5 Å². The van der Waals surface area contributed by atoms with Gasteiger partial charge in [0.2, 0.25) is 0 Å². The van der Waals surface area contributed by atoms with Crippen molar-refractivity contribution in [2.24, 2.45) is 4.99 Å². The first-order chi connectivity index (χ1) is 13.7. The summed E-state index contributed by atoms with van der Waals surface area (Å²) in [5.41, 5.74) is -0.269. The molecular weight excluding hydrogens is 427 g/mol. The number of aryl methyl sites for hydroxylation is 1. The maximum absolute atomic E-state index is 12.6. The van der Waals surface area contributed by atoms with Gasteiger partial charge in [0.1, 0.15) is 9.88 Å². The molecule has 7 nitrogen and oxygen atoms in total. The van der Waals surface area contributed by atoms with Crippen molar-refractivity contribution in [1.29, 1.82) is 0 Å². The second-order valence-corrected chi connectivity index (χ2v) is 7.90. The molecule has 2 heterocycles. The molecule has 0 fully saturated rings. The van der Waals surface area contributed by atoms with Crippen LogP contribution in [0.4, 0.5) is 13.2 Å². The van der Waals surface area contributed by atoms with Crippen molar-refractivity contribution in [3.05, 3.63) is 31.7 Å². The van der Waals surface area contributed by atoms with Gasteiger partial charge in [-0.15, -0.1) is 22.7 Å². The van der Waals surface area contributed by atoms with Crippen LogP contribution in [-0.2, 0) is 17.3 Å². The first-order valence-corrected chi connectivity index (χ1v) is 10.5. The van der Waals surface area contributed by atoms with Crippen molar-refractivity contribution >= 4 is 34.6 Å². The van der Waals surface area contributed by atoms with Gasteiger partial charge in [-0.1, -0.05) is 0 Å². The second-order valence-electron chi connectivity index (χ2n) is 5.93. The van der Waals surface area contributed by atoms with E-state index in [1.807, 2.05) is 6.92 Å². The van der Waals surface area contributed by atoms with Crippen molar-refractivity contribution in [2.75, 3.05) is 20.2 Å². The van der Waals surface area contributed by atoms with Crippen LogP contribution in [0.25, 0.3) is 0 Å². The molecule has 160 valence electrons. The quantitative estimate of drug-likeness (QED) is 0.382. The number of nitrogens with zero attached hydrogens (tertiary/aromatic N) is 3. The lowest BCUT2D eigenvalue weighted by Crippen LogP contribution is -2.39. The molecule has 12 heteroatoms. The molecule has 0 bridgehead atoms. The summed E-state index contributed by atoms with van der Waals surface area (Å²) >= 11 is 2.22. The highest BCUT2D eigenvalue weighted by Crippen LogP contribution is 2.30. The Hall–Kier alpha value is -2.21. The van der Waals surface area contributed by atoms with Gasteiger partial charge in [0.05, 0.1) is 23.4 Å². The minimum Gasteiger partial charge on any atom is -0.462 e. The summed E-state index contributed by atoms with van der Waals surface area (Å²) in [6.45, 7) is 6.01. The maximum Gasteiger partial charge on any atom is 0.434 e. The molecule has 29 heavy (non-hydrogen) atoms. The van der Waals surface area contributed by atoms with Crippen molar-refractivity contribution in [3.8, 4) is 0 Å². The zero-order valence-electron chi connectivity index (χ0n) is 16.4. The average Bonchev–Trinajstić information content (AvgIpc) is 3.27. The summed E-state index contributed by atoms with van der Waals surface area (Å²) in [5.74, 6) is 0.0702. The maximum atomic E-state index is 12.6. The summed E-state index contributed by atoms with van der Waals surface area (Å²) in [6.07, 6.45) is -4.09. The van der Waals surface area contributed by atoms with E-state index in [9.17, 15) is 18.0 Å². The van der Waals surface area contributed by atoms with Gasteiger partial charge in [-0.2, -0.15) is 13.2 Å². The van der Waals surface area contributed by atoms with E-state index in [2.05, 4.69) is 25.6 Å². The van der Waals surface area contributed by atoms with Crippen molar-refractivity contribution in [1.82, 2.24) is 20.6 Å². The third-order valence-electron chi connectivity index (χ3n) is 3.69. The molecule has 1 atom stereocenters. The molecule has 1 unspecified atom stereocenters. The molecule has 0 aromatic carbocycles. The lowest BCUT2D eigenvalue weighted by molar-refractivity contribution is -0.140. The van der Waals surface area contributed by atoms with Crippen LogP contribution >= 0.6 is 22.7 Å². The molecular formula is C17H22F3N5O2S2. The number of carbonyl (C=O) groups is 1. The van der Waals surface area contributed by atoms with Crippen LogP contribution in [-0.4, -0.2) is 42.1 Å². The number of rotatable bonds is 7. The number of nitrogens with one attached hydrogen (secondary N) is 2. The number of alkyl halides is 3. The predicted octanol–water partition coefficient (Wildman–Crippen LogP) is 3.57. The van der Waals surface area contributed by atoms with Gasteiger partial charge in [0.25, 0.3) is 0 Å². The van der Waals surface area contributed by atoms with Crippen molar-refractivity contribution in [2.45, 2.75) is 39.4 Å². The monoisotopic (exact) mass is 449 g/mol. The number of guanidine groups is 1. The molecule has 2 N–H and O–H groups in total. The molecule has 2 aromatic heterocycles. The fourth-order valence-electron chi connectivity index (χ4n) is 2.29. The molecule has 0 saturated carbocycles. The molecule has 0 spiro atoms. The number of hydrogen-bond donors (Lipinski definition) is 2. The SMILES string of the molecule is CCOC(=O)c1sc(C(C)NC(=NC)NCCc2nc(C(F)(F)F)cs2)nc1C. The largest absolute Gasteiger partial charge is 0.462 e. The van der Waals surface area contributed by atoms with E-state index in [0.717, 1.165) is 16.7 Å². The third kappa shape index (κ3) is 6.39. The average molecular weight is 450 g/mol. The molecule has 2 rings (SSSR count). The number of ether oxygens (including phenoxy) is 1. The van der Waals surface area contributed by atoms with Crippen molar-refractivity contribution in [3.63, 3.8) is 0 Å². The highest BCUT2D eigenvalue weighted by atomic mass is 32.1. The molecule has 0 aliphatic carbocycles. The van der Waals surface area contributed by atoms with Crippen LogP contribution in [0, 0.1) is 6.92 Å². The van der Waals surface area contributed by atoms with Gasteiger partial charge in [0, 0.05) is 25.4 Å². The summed E-state index contributed by atoms with van der Waals surface area (Å²) in [5, 5.41) is 8.29. The highest BCUT2D eigenvalue weighted by Gasteiger charge is 2.33. The number of carbonyl (C=O) groups excluding carboxylic acids is 1. The van der Waals surface area contributed by atoms with E-state index in [4.69, 9.17) is 4.74 Å². The standard InChI is InChI=1S/C17H22F3N5O2S2/c1-5-27-15(26)13-9(2)23-14(29-13)10(3)24-16(21-4)22-7-6-12-25-11(8-28-12)17(18,19)20/h8,10H,5-7H2,1-4H3,(H2,21,22,24). The molecule has 0 amide bonds. The summed E-state index contributed by atoms with van der Waals surface area (Å²) in [4.78, 5) is 24.5. The first kappa shape index (κ1) is 23.1.